The Hall–Kier alpha value is -1.84. The van der Waals surface area contributed by atoms with Crippen molar-refractivity contribution >= 4 is 17.1 Å². The van der Waals surface area contributed by atoms with Crippen LogP contribution in [0, 0.1) is 6.92 Å². The lowest BCUT2D eigenvalue weighted by molar-refractivity contribution is 1.25. The van der Waals surface area contributed by atoms with Crippen LogP contribution in [0.1, 0.15) is 12.5 Å². The summed E-state index contributed by atoms with van der Waals surface area (Å²) >= 11 is 0. The van der Waals surface area contributed by atoms with Crippen LogP contribution in [0.2, 0.25) is 0 Å². The predicted octanol–water partition coefficient (Wildman–Crippen LogP) is 1.54. The van der Waals surface area contributed by atoms with E-state index in [1.54, 1.807) is 18.5 Å². The Labute approximate surface area is 83.4 Å². The predicted molar refractivity (Wildman–Crippen MR) is 59.5 cm³/mol. The number of aryl methyl sites for hydroxylation is 1. The molecular formula is C10H14N4. The number of anilines is 1. The van der Waals surface area contributed by atoms with Crippen molar-refractivity contribution in [3.8, 4) is 0 Å². The number of pyridine rings is 1. The highest BCUT2D eigenvalue weighted by Crippen LogP contribution is 2.24. The van der Waals surface area contributed by atoms with Crippen LogP contribution in [0.3, 0.4) is 0 Å². The van der Waals surface area contributed by atoms with Crippen molar-refractivity contribution in [1.29, 1.82) is 0 Å². The maximum absolute atomic E-state index is 5.74. The van der Waals surface area contributed by atoms with E-state index in [0.717, 1.165) is 17.0 Å². The lowest BCUT2D eigenvalue weighted by atomic mass is 10.2. The number of allylic oxidation sites excluding steroid dienone is 1. The molecule has 0 aromatic carbocycles. The van der Waals surface area contributed by atoms with Crippen LogP contribution in [0.25, 0.3) is 0 Å². The zero-order valence-electron chi connectivity index (χ0n) is 8.36. The molecule has 0 amide bonds. The second-order valence-electron chi connectivity index (χ2n) is 3.01. The lowest BCUT2D eigenvalue weighted by Crippen LogP contribution is -1.93. The number of aliphatic imine (C=N–C) groups is 1. The summed E-state index contributed by atoms with van der Waals surface area (Å²) in [5.74, 6) is 0. The summed E-state index contributed by atoms with van der Waals surface area (Å²) in [6.07, 6.45) is 6.49. The fraction of sp³-hybridized carbons (Fsp3) is 0.200. The molecule has 14 heavy (non-hydrogen) atoms. The van der Waals surface area contributed by atoms with E-state index in [9.17, 15) is 0 Å². The van der Waals surface area contributed by atoms with Gasteiger partial charge in [0.1, 0.15) is 0 Å². The topological polar surface area (TPSA) is 77.3 Å². The van der Waals surface area contributed by atoms with Crippen molar-refractivity contribution in [2.24, 2.45) is 10.7 Å². The number of nitrogens with two attached hydrogens (primary N) is 2. The average Bonchev–Trinajstić information content (AvgIpc) is 2.12. The van der Waals surface area contributed by atoms with Gasteiger partial charge >= 0.3 is 0 Å². The first kappa shape index (κ1) is 10.2. The quantitative estimate of drug-likeness (QED) is 0.694. The minimum atomic E-state index is 0.578. The third-order valence-electron chi connectivity index (χ3n) is 1.75. The molecule has 4 heteroatoms. The molecule has 1 aromatic heterocycles. The molecule has 0 saturated heterocycles. The number of rotatable bonds is 2. The molecule has 0 bridgehead atoms. The Balaban J connectivity index is 3.13. The molecule has 1 heterocycles. The monoisotopic (exact) mass is 190 g/mol. The van der Waals surface area contributed by atoms with Crippen molar-refractivity contribution in [3.63, 3.8) is 0 Å². The van der Waals surface area contributed by atoms with Crippen molar-refractivity contribution in [1.82, 2.24) is 4.98 Å². The minimum Gasteiger partial charge on any atom is -0.405 e. The Kier molecular flexibility index (Phi) is 3.23. The second kappa shape index (κ2) is 4.41. The van der Waals surface area contributed by atoms with Crippen LogP contribution in [0.4, 0.5) is 11.4 Å². The summed E-state index contributed by atoms with van der Waals surface area (Å²) in [6, 6.07) is 0. The minimum absolute atomic E-state index is 0.578. The molecule has 0 aliphatic heterocycles. The summed E-state index contributed by atoms with van der Waals surface area (Å²) < 4.78 is 0. The van der Waals surface area contributed by atoms with E-state index in [-0.39, 0.29) is 0 Å². The largest absolute Gasteiger partial charge is 0.405 e. The van der Waals surface area contributed by atoms with E-state index in [1.807, 2.05) is 13.8 Å². The molecule has 4 N–H and O–H groups in total. The van der Waals surface area contributed by atoms with E-state index >= 15 is 0 Å². The number of nitrogen functional groups attached to an aromatic ring is 1. The van der Waals surface area contributed by atoms with Gasteiger partial charge in [-0.2, -0.15) is 0 Å². The van der Waals surface area contributed by atoms with E-state index < -0.39 is 0 Å². The van der Waals surface area contributed by atoms with Gasteiger partial charge in [0.15, 0.2) is 0 Å². The molecule has 0 aliphatic rings. The van der Waals surface area contributed by atoms with Gasteiger partial charge in [-0.25, -0.2) is 0 Å². The van der Waals surface area contributed by atoms with E-state index in [0.29, 0.717) is 5.69 Å². The van der Waals surface area contributed by atoms with Crippen LogP contribution in [0.15, 0.2) is 29.7 Å². The van der Waals surface area contributed by atoms with Gasteiger partial charge in [-0.3, -0.25) is 9.98 Å². The first-order valence-electron chi connectivity index (χ1n) is 4.28. The molecule has 0 atom stereocenters. The Morgan fingerprint density at radius 3 is 2.79 bits per heavy atom. The summed E-state index contributed by atoms with van der Waals surface area (Å²) in [7, 11) is 0. The lowest BCUT2D eigenvalue weighted by Gasteiger charge is -2.03. The van der Waals surface area contributed by atoms with Gasteiger partial charge in [-0.05, 0) is 31.7 Å². The molecule has 0 aliphatic carbocycles. The van der Waals surface area contributed by atoms with Crippen molar-refractivity contribution < 1.29 is 0 Å². The van der Waals surface area contributed by atoms with E-state index in [1.165, 1.54) is 6.20 Å². The van der Waals surface area contributed by atoms with Crippen molar-refractivity contribution in [3.05, 3.63) is 30.2 Å². The Morgan fingerprint density at radius 2 is 2.21 bits per heavy atom. The summed E-state index contributed by atoms with van der Waals surface area (Å²) in [5, 5.41) is 0. The molecule has 0 unspecified atom stereocenters. The summed E-state index contributed by atoms with van der Waals surface area (Å²) in [4.78, 5) is 8.29. The van der Waals surface area contributed by atoms with Gasteiger partial charge in [0.05, 0.1) is 17.6 Å². The fourth-order valence-electron chi connectivity index (χ4n) is 1.08. The third-order valence-corrected chi connectivity index (χ3v) is 1.75. The molecule has 1 rings (SSSR count). The molecule has 4 nitrogen and oxygen atoms in total. The molecule has 74 valence electrons. The van der Waals surface area contributed by atoms with Gasteiger partial charge in [0.2, 0.25) is 0 Å². The van der Waals surface area contributed by atoms with Gasteiger partial charge in [0, 0.05) is 11.9 Å². The molecule has 0 fully saturated rings. The zero-order chi connectivity index (χ0) is 10.6. The Bertz CT molecular complexity index is 359. The normalized spacial score (nSPS) is 12.3. The first-order valence-corrected chi connectivity index (χ1v) is 4.28. The SMILES string of the molecule is CC(C=CN)=Nc1c(C)cncc1N. The number of nitrogens with zero attached hydrogens (tertiary/aromatic N) is 2. The molecule has 0 radical (unpaired) electrons. The standard InChI is InChI=1S/C10H14N4/c1-7-5-13-6-9(12)10(7)14-8(2)3-4-11/h3-6H,11-12H2,1-2H3. The van der Waals surface area contributed by atoms with Crippen molar-refractivity contribution in [2.75, 3.05) is 5.73 Å². The first-order chi connectivity index (χ1) is 6.65. The highest BCUT2D eigenvalue weighted by molar-refractivity contribution is 5.95. The van der Waals surface area contributed by atoms with E-state index in [4.69, 9.17) is 11.5 Å². The molecule has 1 aromatic rings. The van der Waals surface area contributed by atoms with Crippen LogP contribution in [-0.2, 0) is 0 Å². The highest BCUT2D eigenvalue weighted by atomic mass is 14.8. The van der Waals surface area contributed by atoms with Crippen LogP contribution >= 0.6 is 0 Å². The summed E-state index contributed by atoms with van der Waals surface area (Å²) in [6.45, 7) is 3.78. The van der Waals surface area contributed by atoms with Gasteiger partial charge in [0.25, 0.3) is 0 Å². The Morgan fingerprint density at radius 1 is 1.50 bits per heavy atom. The van der Waals surface area contributed by atoms with Gasteiger partial charge < -0.3 is 11.5 Å². The maximum Gasteiger partial charge on any atom is 0.0922 e. The molecular weight excluding hydrogens is 176 g/mol. The highest BCUT2D eigenvalue weighted by Gasteiger charge is 2.00. The fourth-order valence-corrected chi connectivity index (χ4v) is 1.08. The number of hydrogen-bond donors (Lipinski definition) is 2. The number of aromatic nitrogens is 1. The zero-order valence-corrected chi connectivity index (χ0v) is 8.36. The van der Waals surface area contributed by atoms with Gasteiger partial charge in [-0.1, -0.05) is 0 Å². The number of hydrogen-bond acceptors (Lipinski definition) is 4. The van der Waals surface area contributed by atoms with Crippen molar-refractivity contribution in [2.45, 2.75) is 13.8 Å². The van der Waals surface area contributed by atoms with Crippen LogP contribution < -0.4 is 11.5 Å². The average molecular weight is 190 g/mol. The smallest absolute Gasteiger partial charge is 0.0922 e. The molecule has 0 saturated carbocycles. The summed E-state index contributed by atoms with van der Waals surface area (Å²) in [5.41, 5.74) is 14.1. The van der Waals surface area contributed by atoms with Gasteiger partial charge in [-0.15, -0.1) is 0 Å². The molecule has 0 spiro atoms. The third kappa shape index (κ3) is 2.32. The van der Waals surface area contributed by atoms with Crippen LogP contribution in [-0.4, -0.2) is 10.7 Å². The second-order valence-corrected chi connectivity index (χ2v) is 3.01. The maximum atomic E-state index is 5.74. The van der Waals surface area contributed by atoms with E-state index in [2.05, 4.69) is 9.98 Å². The van der Waals surface area contributed by atoms with Crippen LogP contribution in [0.5, 0.6) is 0 Å².